The molecular weight excluding hydrogens is 226 g/mol. The Hall–Kier alpha value is -1.42. The number of nitrogens with zero attached hydrogens (tertiary/aromatic N) is 2. The second kappa shape index (κ2) is 5.96. The number of likely N-dealkylation sites (N-methyl/N-ethyl adjacent to an activating group) is 1. The normalized spacial score (nSPS) is 23.0. The van der Waals surface area contributed by atoms with Crippen molar-refractivity contribution in [2.24, 2.45) is 11.7 Å². The number of hydrogen-bond acceptors (Lipinski definition) is 3. The van der Waals surface area contributed by atoms with Crippen molar-refractivity contribution >= 4 is 5.91 Å². The number of rotatable bonds is 4. The first-order valence-corrected chi connectivity index (χ1v) is 6.56. The molecule has 1 fully saturated rings. The van der Waals surface area contributed by atoms with Crippen LogP contribution in [0.15, 0.2) is 24.5 Å². The standard InChI is InChI=1S/C14H21N3O/c1-17(9-6-11-4-7-16-8-5-11)14(18)12-2-3-13(15)10-12/h4-5,7-8,12-13H,2-3,6,9-10,15H2,1H3. The van der Waals surface area contributed by atoms with Gasteiger partial charge in [0, 0.05) is 37.9 Å². The van der Waals surface area contributed by atoms with Gasteiger partial charge in [0.25, 0.3) is 0 Å². The van der Waals surface area contributed by atoms with Crippen molar-refractivity contribution in [1.82, 2.24) is 9.88 Å². The fraction of sp³-hybridized carbons (Fsp3) is 0.571. The first-order valence-electron chi connectivity index (χ1n) is 6.56. The van der Waals surface area contributed by atoms with Crippen molar-refractivity contribution in [2.75, 3.05) is 13.6 Å². The Bertz CT molecular complexity index is 393. The minimum absolute atomic E-state index is 0.141. The molecule has 1 aliphatic rings. The van der Waals surface area contributed by atoms with Gasteiger partial charge in [0.05, 0.1) is 0 Å². The van der Waals surface area contributed by atoms with Crippen molar-refractivity contribution in [2.45, 2.75) is 31.7 Å². The molecule has 1 heterocycles. The summed E-state index contributed by atoms with van der Waals surface area (Å²) in [7, 11) is 1.88. The molecule has 0 radical (unpaired) electrons. The molecule has 4 heteroatoms. The van der Waals surface area contributed by atoms with Crippen LogP contribution in [0, 0.1) is 5.92 Å². The minimum atomic E-state index is 0.141. The molecule has 2 atom stereocenters. The molecule has 0 bridgehead atoms. The van der Waals surface area contributed by atoms with Crippen molar-refractivity contribution in [3.8, 4) is 0 Å². The topological polar surface area (TPSA) is 59.2 Å². The summed E-state index contributed by atoms with van der Waals surface area (Å²) in [4.78, 5) is 18.0. The van der Waals surface area contributed by atoms with Crippen LogP contribution in [0.1, 0.15) is 24.8 Å². The van der Waals surface area contributed by atoms with E-state index in [1.807, 2.05) is 24.1 Å². The van der Waals surface area contributed by atoms with Crippen LogP contribution >= 0.6 is 0 Å². The number of nitrogens with two attached hydrogens (primary N) is 1. The van der Waals surface area contributed by atoms with Crippen LogP contribution in [-0.4, -0.2) is 35.4 Å². The van der Waals surface area contributed by atoms with E-state index < -0.39 is 0 Å². The fourth-order valence-corrected chi connectivity index (χ4v) is 2.51. The van der Waals surface area contributed by atoms with Crippen LogP contribution in [0.2, 0.25) is 0 Å². The highest BCUT2D eigenvalue weighted by Gasteiger charge is 2.29. The quantitative estimate of drug-likeness (QED) is 0.870. The van der Waals surface area contributed by atoms with Gasteiger partial charge in [0.15, 0.2) is 0 Å². The molecule has 0 aliphatic heterocycles. The molecule has 1 saturated carbocycles. The molecule has 1 aromatic heterocycles. The highest BCUT2D eigenvalue weighted by atomic mass is 16.2. The maximum absolute atomic E-state index is 12.2. The van der Waals surface area contributed by atoms with Gasteiger partial charge >= 0.3 is 0 Å². The maximum atomic E-state index is 12.2. The Morgan fingerprint density at radius 1 is 1.44 bits per heavy atom. The van der Waals surface area contributed by atoms with Crippen LogP contribution in [0.4, 0.5) is 0 Å². The Kier molecular flexibility index (Phi) is 4.31. The molecule has 2 rings (SSSR count). The van der Waals surface area contributed by atoms with Crippen LogP contribution in [-0.2, 0) is 11.2 Å². The van der Waals surface area contributed by atoms with Gasteiger partial charge in [-0.3, -0.25) is 9.78 Å². The van der Waals surface area contributed by atoms with Crippen molar-refractivity contribution in [1.29, 1.82) is 0 Å². The summed E-state index contributed by atoms with van der Waals surface area (Å²) in [5.74, 6) is 0.388. The SMILES string of the molecule is CN(CCc1ccncc1)C(=O)C1CCC(N)C1. The molecular formula is C14H21N3O. The summed E-state index contributed by atoms with van der Waals surface area (Å²) in [6, 6.07) is 4.20. The number of carbonyl (C=O) groups is 1. The van der Waals surface area contributed by atoms with E-state index in [0.717, 1.165) is 32.2 Å². The Labute approximate surface area is 108 Å². The lowest BCUT2D eigenvalue weighted by Crippen LogP contribution is -2.34. The summed E-state index contributed by atoms with van der Waals surface area (Å²) >= 11 is 0. The molecule has 1 amide bonds. The van der Waals surface area contributed by atoms with E-state index in [-0.39, 0.29) is 17.9 Å². The van der Waals surface area contributed by atoms with Gasteiger partial charge in [-0.05, 0) is 43.4 Å². The molecule has 4 nitrogen and oxygen atoms in total. The average molecular weight is 247 g/mol. The molecule has 0 saturated heterocycles. The first-order chi connectivity index (χ1) is 8.66. The molecule has 98 valence electrons. The predicted molar refractivity (Wildman–Crippen MR) is 70.9 cm³/mol. The van der Waals surface area contributed by atoms with Gasteiger partial charge < -0.3 is 10.6 Å². The largest absolute Gasteiger partial charge is 0.345 e. The van der Waals surface area contributed by atoms with E-state index in [9.17, 15) is 4.79 Å². The first kappa shape index (κ1) is 13.0. The number of pyridine rings is 1. The summed E-state index contributed by atoms with van der Waals surface area (Å²) in [5.41, 5.74) is 7.07. The van der Waals surface area contributed by atoms with Gasteiger partial charge in [-0.25, -0.2) is 0 Å². The van der Waals surface area contributed by atoms with E-state index in [1.165, 1.54) is 5.56 Å². The van der Waals surface area contributed by atoms with Crippen molar-refractivity contribution in [3.05, 3.63) is 30.1 Å². The summed E-state index contributed by atoms with van der Waals surface area (Å²) in [5, 5.41) is 0. The van der Waals surface area contributed by atoms with E-state index in [1.54, 1.807) is 12.4 Å². The van der Waals surface area contributed by atoms with E-state index >= 15 is 0 Å². The van der Waals surface area contributed by atoms with E-state index in [4.69, 9.17) is 5.73 Å². The lowest BCUT2D eigenvalue weighted by atomic mass is 10.1. The van der Waals surface area contributed by atoms with Crippen LogP contribution in [0.5, 0.6) is 0 Å². The van der Waals surface area contributed by atoms with Gasteiger partial charge in [-0.15, -0.1) is 0 Å². The molecule has 1 aromatic rings. The van der Waals surface area contributed by atoms with Crippen molar-refractivity contribution in [3.63, 3.8) is 0 Å². The number of aromatic nitrogens is 1. The highest BCUT2D eigenvalue weighted by Crippen LogP contribution is 2.25. The summed E-state index contributed by atoms with van der Waals surface area (Å²) in [6.45, 7) is 0.759. The lowest BCUT2D eigenvalue weighted by molar-refractivity contribution is -0.134. The van der Waals surface area contributed by atoms with Crippen LogP contribution < -0.4 is 5.73 Å². The zero-order valence-corrected chi connectivity index (χ0v) is 10.9. The maximum Gasteiger partial charge on any atom is 0.225 e. The highest BCUT2D eigenvalue weighted by molar-refractivity contribution is 5.79. The Morgan fingerprint density at radius 3 is 2.78 bits per heavy atom. The molecule has 1 aliphatic carbocycles. The zero-order valence-electron chi connectivity index (χ0n) is 10.9. The van der Waals surface area contributed by atoms with Crippen LogP contribution in [0.25, 0.3) is 0 Å². The zero-order chi connectivity index (χ0) is 13.0. The van der Waals surface area contributed by atoms with Crippen LogP contribution in [0.3, 0.4) is 0 Å². The second-order valence-electron chi connectivity index (χ2n) is 5.14. The third-order valence-corrected chi connectivity index (χ3v) is 3.68. The molecule has 18 heavy (non-hydrogen) atoms. The average Bonchev–Trinajstić information content (AvgIpc) is 2.83. The predicted octanol–water partition coefficient (Wildman–Crippen LogP) is 1.21. The third-order valence-electron chi connectivity index (χ3n) is 3.68. The minimum Gasteiger partial charge on any atom is -0.345 e. The van der Waals surface area contributed by atoms with Crippen molar-refractivity contribution < 1.29 is 4.79 Å². The molecule has 2 unspecified atom stereocenters. The fourth-order valence-electron chi connectivity index (χ4n) is 2.51. The number of amides is 1. The number of carbonyl (C=O) groups excluding carboxylic acids is 1. The molecule has 0 aromatic carbocycles. The van der Waals surface area contributed by atoms with Gasteiger partial charge in [-0.1, -0.05) is 0 Å². The van der Waals surface area contributed by atoms with E-state index in [2.05, 4.69) is 4.98 Å². The smallest absolute Gasteiger partial charge is 0.225 e. The molecule has 2 N–H and O–H groups in total. The lowest BCUT2D eigenvalue weighted by Gasteiger charge is -2.21. The third kappa shape index (κ3) is 3.29. The molecule has 0 spiro atoms. The van der Waals surface area contributed by atoms with E-state index in [0.29, 0.717) is 0 Å². The second-order valence-corrected chi connectivity index (χ2v) is 5.14. The Morgan fingerprint density at radius 2 is 2.17 bits per heavy atom. The summed E-state index contributed by atoms with van der Waals surface area (Å²) in [6.07, 6.45) is 7.22. The monoisotopic (exact) mass is 247 g/mol. The summed E-state index contributed by atoms with van der Waals surface area (Å²) < 4.78 is 0. The van der Waals surface area contributed by atoms with Gasteiger partial charge in [0.1, 0.15) is 0 Å². The Balaban J connectivity index is 1.81. The number of hydrogen-bond donors (Lipinski definition) is 1. The van der Waals surface area contributed by atoms with Gasteiger partial charge in [-0.2, -0.15) is 0 Å². The van der Waals surface area contributed by atoms with Gasteiger partial charge in [0.2, 0.25) is 5.91 Å².